The maximum Gasteiger partial charge on any atom is 0.111 e. The van der Waals surface area contributed by atoms with E-state index in [4.69, 9.17) is 4.98 Å². The maximum atomic E-state index is 4.73. The van der Waals surface area contributed by atoms with E-state index >= 15 is 0 Å². The molecule has 1 aromatic heterocycles. The summed E-state index contributed by atoms with van der Waals surface area (Å²) in [6.45, 7) is 8.51. The highest BCUT2D eigenvalue weighted by Crippen LogP contribution is 2.16. The number of fused-ring (bicyclic) bond motifs is 1. The summed E-state index contributed by atoms with van der Waals surface area (Å²) in [6, 6.07) is 8.83. The average Bonchev–Trinajstić information content (AvgIpc) is 2.66. The van der Waals surface area contributed by atoms with Gasteiger partial charge in [0, 0.05) is 19.0 Å². The number of para-hydroxylation sites is 2. The van der Waals surface area contributed by atoms with Crippen molar-refractivity contribution in [2.75, 3.05) is 6.54 Å². The van der Waals surface area contributed by atoms with Crippen molar-refractivity contribution in [1.29, 1.82) is 0 Å². The minimum Gasteiger partial charge on any atom is -0.328 e. The van der Waals surface area contributed by atoms with E-state index in [9.17, 15) is 0 Å². The maximum absolute atomic E-state index is 4.73. The zero-order valence-corrected chi connectivity index (χ0v) is 10.9. The van der Waals surface area contributed by atoms with Gasteiger partial charge in [0.25, 0.3) is 0 Å². The molecule has 0 aliphatic carbocycles. The van der Waals surface area contributed by atoms with Crippen LogP contribution >= 0.6 is 0 Å². The van der Waals surface area contributed by atoms with Crippen molar-refractivity contribution in [2.24, 2.45) is 0 Å². The van der Waals surface area contributed by atoms with Gasteiger partial charge in [-0.2, -0.15) is 0 Å². The molecule has 0 spiro atoms. The molecule has 0 fully saturated rings. The molecule has 17 heavy (non-hydrogen) atoms. The number of likely N-dealkylation sites (N-methyl/N-ethyl adjacent to an activating group) is 1. The molecule has 1 unspecified atom stereocenters. The van der Waals surface area contributed by atoms with E-state index in [0.717, 1.165) is 25.0 Å². The summed E-state index contributed by atoms with van der Waals surface area (Å²) in [5.74, 6) is 1.18. The largest absolute Gasteiger partial charge is 0.328 e. The molecule has 2 aromatic rings. The molecule has 3 nitrogen and oxygen atoms in total. The third-order valence-corrected chi connectivity index (χ3v) is 3.09. The molecule has 92 valence electrons. The van der Waals surface area contributed by atoms with E-state index < -0.39 is 0 Å². The topological polar surface area (TPSA) is 29.9 Å². The molecule has 1 heterocycles. The van der Waals surface area contributed by atoms with Crippen LogP contribution in [0.15, 0.2) is 24.3 Å². The van der Waals surface area contributed by atoms with Crippen molar-refractivity contribution in [1.82, 2.24) is 14.9 Å². The van der Waals surface area contributed by atoms with Gasteiger partial charge in [-0.15, -0.1) is 0 Å². The molecular weight excluding hydrogens is 210 g/mol. The lowest BCUT2D eigenvalue weighted by Crippen LogP contribution is -2.28. The third-order valence-electron chi connectivity index (χ3n) is 3.09. The molecular formula is C14H21N3. The lowest BCUT2D eigenvalue weighted by atomic mass is 10.2. The fourth-order valence-corrected chi connectivity index (χ4v) is 2.33. The molecule has 3 heteroatoms. The summed E-state index contributed by atoms with van der Waals surface area (Å²) in [4.78, 5) is 4.73. The van der Waals surface area contributed by atoms with E-state index in [-0.39, 0.29) is 0 Å². The zero-order valence-electron chi connectivity index (χ0n) is 10.9. The standard InChI is InChI=1S/C14H21N3/c1-4-15-11(3)10-14-16-12-8-6-7-9-13(12)17(14)5-2/h6-9,11,15H,4-5,10H2,1-3H3. The molecule has 0 aliphatic rings. The minimum absolute atomic E-state index is 0.474. The molecule has 0 radical (unpaired) electrons. The van der Waals surface area contributed by atoms with Crippen molar-refractivity contribution in [2.45, 2.75) is 39.8 Å². The minimum atomic E-state index is 0.474. The molecule has 0 saturated carbocycles. The smallest absolute Gasteiger partial charge is 0.111 e. The van der Waals surface area contributed by atoms with Crippen LogP contribution in [-0.4, -0.2) is 22.1 Å². The van der Waals surface area contributed by atoms with Crippen LogP contribution in [0.2, 0.25) is 0 Å². The summed E-state index contributed by atoms with van der Waals surface area (Å²) in [6.07, 6.45) is 0.982. The first kappa shape index (κ1) is 12.1. The van der Waals surface area contributed by atoms with Crippen molar-refractivity contribution in [3.8, 4) is 0 Å². The Bertz CT molecular complexity index is 487. The Hall–Kier alpha value is -1.35. The normalized spacial score (nSPS) is 13.1. The molecule has 0 bridgehead atoms. The van der Waals surface area contributed by atoms with Gasteiger partial charge in [-0.3, -0.25) is 0 Å². The summed E-state index contributed by atoms with van der Waals surface area (Å²) >= 11 is 0. The SMILES string of the molecule is CCNC(C)Cc1nc2ccccc2n1CC. The third kappa shape index (κ3) is 2.50. The number of imidazole rings is 1. The van der Waals surface area contributed by atoms with Crippen LogP contribution < -0.4 is 5.32 Å². The van der Waals surface area contributed by atoms with Crippen molar-refractivity contribution in [3.05, 3.63) is 30.1 Å². The number of hydrogen-bond donors (Lipinski definition) is 1. The van der Waals surface area contributed by atoms with Crippen molar-refractivity contribution >= 4 is 11.0 Å². The number of hydrogen-bond acceptors (Lipinski definition) is 2. The van der Waals surface area contributed by atoms with Crippen LogP contribution in [0.5, 0.6) is 0 Å². The predicted molar refractivity (Wildman–Crippen MR) is 72.2 cm³/mol. The van der Waals surface area contributed by atoms with Crippen LogP contribution in [0.4, 0.5) is 0 Å². The lowest BCUT2D eigenvalue weighted by molar-refractivity contribution is 0.538. The number of rotatable bonds is 5. The van der Waals surface area contributed by atoms with E-state index in [1.54, 1.807) is 0 Å². The van der Waals surface area contributed by atoms with Gasteiger partial charge in [-0.1, -0.05) is 19.1 Å². The highest BCUT2D eigenvalue weighted by Gasteiger charge is 2.11. The molecule has 0 amide bonds. The molecule has 1 atom stereocenters. The number of nitrogens with zero attached hydrogens (tertiary/aromatic N) is 2. The lowest BCUT2D eigenvalue weighted by Gasteiger charge is -2.12. The Kier molecular flexibility index (Phi) is 3.79. The Morgan fingerprint density at radius 2 is 2.06 bits per heavy atom. The summed E-state index contributed by atoms with van der Waals surface area (Å²) in [7, 11) is 0. The number of benzene rings is 1. The van der Waals surface area contributed by atoms with Gasteiger partial charge in [0.15, 0.2) is 0 Å². The van der Waals surface area contributed by atoms with E-state index in [2.05, 4.69) is 48.9 Å². The molecule has 0 aliphatic heterocycles. The van der Waals surface area contributed by atoms with Crippen LogP contribution in [0, 0.1) is 0 Å². The second-order valence-electron chi connectivity index (χ2n) is 4.42. The van der Waals surface area contributed by atoms with E-state index in [1.165, 1.54) is 11.3 Å². The van der Waals surface area contributed by atoms with Crippen LogP contribution in [0.3, 0.4) is 0 Å². The molecule has 1 N–H and O–H groups in total. The fourth-order valence-electron chi connectivity index (χ4n) is 2.33. The number of aryl methyl sites for hydroxylation is 1. The van der Waals surface area contributed by atoms with Crippen molar-refractivity contribution in [3.63, 3.8) is 0 Å². The molecule has 2 rings (SSSR count). The van der Waals surface area contributed by atoms with E-state index in [1.807, 2.05) is 6.07 Å². The number of nitrogens with one attached hydrogen (secondary N) is 1. The highest BCUT2D eigenvalue weighted by atomic mass is 15.1. The quantitative estimate of drug-likeness (QED) is 0.857. The van der Waals surface area contributed by atoms with Gasteiger partial charge in [0.2, 0.25) is 0 Å². The average molecular weight is 231 g/mol. The van der Waals surface area contributed by atoms with Crippen LogP contribution in [-0.2, 0) is 13.0 Å². The van der Waals surface area contributed by atoms with Gasteiger partial charge >= 0.3 is 0 Å². The first-order valence-corrected chi connectivity index (χ1v) is 6.43. The second kappa shape index (κ2) is 5.32. The predicted octanol–water partition coefficient (Wildman–Crippen LogP) is 2.60. The van der Waals surface area contributed by atoms with Crippen LogP contribution in [0.25, 0.3) is 11.0 Å². The Labute approximate surface area is 103 Å². The van der Waals surface area contributed by atoms with Crippen molar-refractivity contribution < 1.29 is 0 Å². The van der Waals surface area contributed by atoms with E-state index in [0.29, 0.717) is 6.04 Å². The van der Waals surface area contributed by atoms with Gasteiger partial charge in [0.05, 0.1) is 11.0 Å². The first-order valence-electron chi connectivity index (χ1n) is 6.43. The Morgan fingerprint density at radius 1 is 1.29 bits per heavy atom. The van der Waals surface area contributed by atoms with Gasteiger partial charge < -0.3 is 9.88 Å². The molecule has 1 aromatic carbocycles. The second-order valence-corrected chi connectivity index (χ2v) is 4.42. The summed E-state index contributed by atoms with van der Waals surface area (Å²) in [5, 5.41) is 3.44. The Balaban J connectivity index is 2.33. The van der Waals surface area contributed by atoms with Gasteiger partial charge in [-0.25, -0.2) is 4.98 Å². The molecule has 0 saturated heterocycles. The Morgan fingerprint density at radius 3 is 2.76 bits per heavy atom. The summed E-state index contributed by atoms with van der Waals surface area (Å²) < 4.78 is 2.31. The van der Waals surface area contributed by atoms with Gasteiger partial charge in [0.1, 0.15) is 5.82 Å². The highest BCUT2D eigenvalue weighted by molar-refractivity contribution is 5.75. The number of aromatic nitrogens is 2. The van der Waals surface area contributed by atoms with Gasteiger partial charge in [-0.05, 0) is 32.5 Å². The monoisotopic (exact) mass is 231 g/mol. The zero-order chi connectivity index (χ0) is 12.3. The summed E-state index contributed by atoms with van der Waals surface area (Å²) in [5.41, 5.74) is 2.35. The van der Waals surface area contributed by atoms with Crippen LogP contribution in [0.1, 0.15) is 26.6 Å². The first-order chi connectivity index (χ1) is 8.26. The fraction of sp³-hybridized carbons (Fsp3) is 0.500.